The van der Waals surface area contributed by atoms with Crippen LogP contribution < -0.4 is 10.1 Å². The fourth-order valence-electron chi connectivity index (χ4n) is 3.93. The molecule has 1 amide bonds. The van der Waals surface area contributed by atoms with Gasteiger partial charge in [-0.2, -0.15) is 0 Å². The average molecular weight is 379 g/mol. The maximum absolute atomic E-state index is 12.8. The van der Waals surface area contributed by atoms with Crippen molar-refractivity contribution in [3.8, 4) is 5.75 Å². The summed E-state index contributed by atoms with van der Waals surface area (Å²) in [7, 11) is 3.61. The van der Waals surface area contributed by atoms with Crippen LogP contribution in [0.5, 0.6) is 5.75 Å². The first kappa shape index (κ1) is 18.5. The third kappa shape index (κ3) is 2.76. The highest BCUT2D eigenvalue weighted by Crippen LogP contribution is 2.45. The number of hydrogen-bond acceptors (Lipinski definition) is 4. The van der Waals surface area contributed by atoms with E-state index in [2.05, 4.69) is 5.32 Å². The molecule has 28 heavy (non-hydrogen) atoms. The lowest BCUT2D eigenvalue weighted by Gasteiger charge is -2.38. The number of aromatic nitrogens is 2. The van der Waals surface area contributed by atoms with Crippen molar-refractivity contribution < 1.29 is 14.3 Å². The lowest BCUT2D eigenvalue weighted by molar-refractivity contribution is -0.183. The van der Waals surface area contributed by atoms with E-state index < -0.39 is 5.79 Å². The van der Waals surface area contributed by atoms with Gasteiger partial charge in [-0.1, -0.05) is 30.3 Å². The molecular formula is C22H25N3O3. The smallest absolute Gasteiger partial charge is 0.251 e. The summed E-state index contributed by atoms with van der Waals surface area (Å²) in [4.78, 5) is 17.5. The van der Waals surface area contributed by atoms with Gasteiger partial charge in [0.05, 0.1) is 5.52 Å². The van der Waals surface area contributed by atoms with Gasteiger partial charge >= 0.3 is 0 Å². The van der Waals surface area contributed by atoms with Crippen LogP contribution in [-0.2, 0) is 24.0 Å². The SMILES string of the molecule is CCNC(=O)c1cc2c(nc(C)n2C)c2c1CCC(OC)(c1ccccc1)O2. The fraction of sp³-hybridized carbons (Fsp3) is 0.364. The van der Waals surface area contributed by atoms with E-state index in [4.69, 9.17) is 14.5 Å². The Kier molecular flexibility index (Phi) is 4.59. The molecule has 0 saturated heterocycles. The van der Waals surface area contributed by atoms with E-state index in [0.717, 1.165) is 28.0 Å². The molecular weight excluding hydrogens is 354 g/mol. The molecule has 1 aliphatic rings. The minimum Gasteiger partial charge on any atom is -0.455 e. The summed E-state index contributed by atoms with van der Waals surface area (Å²) in [6.45, 7) is 4.43. The number of methoxy groups -OCH3 is 1. The van der Waals surface area contributed by atoms with Gasteiger partial charge in [0.25, 0.3) is 5.91 Å². The zero-order chi connectivity index (χ0) is 19.9. The van der Waals surface area contributed by atoms with E-state index in [9.17, 15) is 4.79 Å². The maximum atomic E-state index is 12.8. The number of nitrogens with one attached hydrogen (secondary N) is 1. The van der Waals surface area contributed by atoms with Gasteiger partial charge in [0.1, 0.15) is 11.3 Å². The lowest BCUT2D eigenvalue weighted by atomic mass is 9.90. The highest BCUT2D eigenvalue weighted by atomic mass is 16.7. The number of carbonyl (C=O) groups excluding carboxylic acids is 1. The number of fused-ring (bicyclic) bond motifs is 3. The summed E-state index contributed by atoms with van der Waals surface area (Å²) in [5.41, 5.74) is 4.12. The van der Waals surface area contributed by atoms with E-state index in [0.29, 0.717) is 30.7 Å². The minimum absolute atomic E-state index is 0.0901. The van der Waals surface area contributed by atoms with Gasteiger partial charge in [-0.15, -0.1) is 0 Å². The van der Waals surface area contributed by atoms with Crippen molar-refractivity contribution in [1.29, 1.82) is 0 Å². The van der Waals surface area contributed by atoms with Crippen LogP contribution in [0.3, 0.4) is 0 Å². The highest BCUT2D eigenvalue weighted by Gasteiger charge is 2.41. The molecule has 2 aromatic carbocycles. The number of amides is 1. The van der Waals surface area contributed by atoms with E-state index >= 15 is 0 Å². The molecule has 1 unspecified atom stereocenters. The van der Waals surface area contributed by atoms with Crippen LogP contribution in [0.25, 0.3) is 11.0 Å². The zero-order valence-corrected chi connectivity index (χ0v) is 16.7. The van der Waals surface area contributed by atoms with Crippen molar-refractivity contribution in [2.75, 3.05) is 13.7 Å². The molecule has 3 aromatic rings. The molecule has 0 spiro atoms. The quantitative estimate of drug-likeness (QED) is 0.754. The number of rotatable bonds is 4. The second-order valence-corrected chi connectivity index (χ2v) is 7.10. The monoisotopic (exact) mass is 379 g/mol. The molecule has 1 aromatic heterocycles. The Labute approximate surface area is 164 Å². The molecule has 0 fully saturated rings. The van der Waals surface area contributed by atoms with Crippen LogP contribution in [0.2, 0.25) is 0 Å². The second kappa shape index (κ2) is 6.95. The summed E-state index contributed by atoms with van der Waals surface area (Å²) in [5, 5.41) is 2.91. The summed E-state index contributed by atoms with van der Waals surface area (Å²) in [6, 6.07) is 11.8. The normalized spacial score (nSPS) is 18.6. The lowest BCUT2D eigenvalue weighted by Crippen LogP contribution is -2.39. The molecule has 1 N–H and O–H groups in total. The molecule has 2 heterocycles. The summed E-state index contributed by atoms with van der Waals surface area (Å²) in [5.74, 6) is 0.515. The molecule has 146 valence electrons. The van der Waals surface area contributed by atoms with Crippen LogP contribution in [0.1, 0.15) is 40.7 Å². The van der Waals surface area contributed by atoms with Crippen LogP contribution >= 0.6 is 0 Å². The van der Waals surface area contributed by atoms with E-state index in [1.54, 1.807) is 7.11 Å². The summed E-state index contributed by atoms with van der Waals surface area (Å²) in [6.07, 6.45) is 1.28. The van der Waals surface area contributed by atoms with Gasteiger partial charge in [0, 0.05) is 43.8 Å². The molecule has 6 nitrogen and oxygen atoms in total. The Bertz CT molecular complexity index is 1040. The van der Waals surface area contributed by atoms with Gasteiger partial charge in [-0.05, 0) is 26.3 Å². The van der Waals surface area contributed by atoms with Crippen molar-refractivity contribution >= 4 is 16.9 Å². The number of hydrogen-bond donors (Lipinski definition) is 1. The molecule has 0 saturated carbocycles. The molecule has 0 bridgehead atoms. The standard InChI is InChI=1S/C22H25N3O3/c1-5-23-21(26)17-13-18-19(24-14(2)25(18)3)20-16(17)11-12-22(27-4,28-20)15-9-7-6-8-10-15/h6-10,13H,5,11-12H2,1-4H3,(H,23,26). The van der Waals surface area contributed by atoms with Gasteiger partial charge in [0.15, 0.2) is 5.75 Å². The van der Waals surface area contributed by atoms with Gasteiger partial charge in [-0.3, -0.25) is 4.79 Å². The van der Waals surface area contributed by atoms with Crippen molar-refractivity contribution in [1.82, 2.24) is 14.9 Å². The second-order valence-electron chi connectivity index (χ2n) is 7.10. The predicted octanol–water partition coefficient (Wildman–Crippen LogP) is 3.46. The molecule has 1 atom stereocenters. The number of benzene rings is 2. The van der Waals surface area contributed by atoms with Crippen molar-refractivity contribution in [3.05, 3.63) is 58.9 Å². The first-order valence-corrected chi connectivity index (χ1v) is 9.57. The van der Waals surface area contributed by atoms with Gasteiger partial charge < -0.3 is 19.4 Å². The van der Waals surface area contributed by atoms with Crippen molar-refractivity contribution in [3.63, 3.8) is 0 Å². The van der Waals surface area contributed by atoms with E-state index in [1.165, 1.54) is 0 Å². The number of imidazole rings is 1. The topological polar surface area (TPSA) is 65.4 Å². The first-order chi connectivity index (χ1) is 13.5. The van der Waals surface area contributed by atoms with Crippen LogP contribution in [-0.4, -0.2) is 29.1 Å². The highest BCUT2D eigenvalue weighted by molar-refractivity contribution is 6.01. The number of carbonyl (C=O) groups is 1. The third-order valence-electron chi connectivity index (χ3n) is 5.55. The Balaban J connectivity index is 1.94. The van der Waals surface area contributed by atoms with Crippen LogP contribution in [0, 0.1) is 6.92 Å². The largest absolute Gasteiger partial charge is 0.455 e. The minimum atomic E-state index is -0.896. The predicted molar refractivity (Wildman–Crippen MR) is 108 cm³/mol. The molecule has 1 aliphatic heterocycles. The first-order valence-electron chi connectivity index (χ1n) is 9.57. The average Bonchev–Trinajstić information content (AvgIpc) is 3.02. The molecule has 0 aliphatic carbocycles. The third-order valence-corrected chi connectivity index (χ3v) is 5.55. The maximum Gasteiger partial charge on any atom is 0.251 e. The van der Waals surface area contributed by atoms with Crippen molar-refractivity contribution in [2.45, 2.75) is 32.5 Å². The van der Waals surface area contributed by atoms with E-state index in [1.807, 2.05) is 61.9 Å². The Morgan fingerprint density at radius 1 is 1.36 bits per heavy atom. The summed E-state index contributed by atoms with van der Waals surface area (Å²) >= 11 is 0. The number of aryl methyl sites for hydroxylation is 2. The number of ether oxygens (including phenoxy) is 2. The zero-order valence-electron chi connectivity index (χ0n) is 16.7. The van der Waals surface area contributed by atoms with Crippen LogP contribution in [0.15, 0.2) is 36.4 Å². The summed E-state index contributed by atoms with van der Waals surface area (Å²) < 4.78 is 14.4. The molecule has 4 rings (SSSR count). The Morgan fingerprint density at radius 2 is 2.11 bits per heavy atom. The van der Waals surface area contributed by atoms with Gasteiger partial charge in [0.2, 0.25) is 5.79 Å². The fourth-order valence-corrected chi connectivity index (χ4v) is 3.93. The molecule has 6 heteroatoms. The molecule has 0 radical (unpaired) electrons. The van der Waals surface area contributed by atoms with Crippen molar-refractivity contribution in [2.24, 2.45) is 7.05 Å². The van der Waals surface area contributed by atoms with E-state index in [-0.39, 0.29) is 5.91 Å². The Morgan fingerprint density at radius 3 is 2.79 bits per heavy atom. The van der Waals surface area contributed by atoms with Crippen LogP contribution in [0.4, 0.5) is 0 Å². The number of nitrogens with zero attached hydrogens (tertiary/aromatic N) is 2. The van der Waals surface area contributed by atoms with Gasteiger partial charge in [-0.25, -0.2) is 4.98 Å². The Hall–Kier alpha value is -2.86.